The second-order valence-electron chi connectivity index (χ2n) is 3.11. The first kappa shape index (κ1) is 11.9. The van der Waals surface area contributed by atoms with E-state index in [9.17, 15) is 10.1 Å². The van der Waals surface area contributed by atoms with Crippen LogP contribution in [0.2, 0.25) is 5.15 Å². The van der Waals surface area contributed by atoms with Crippen molar-refractivity contribution >= 4 is 33.2 Å². The fourth-order valence-electron chi connectivity index (χ4n) is 1.33. The van der Waals surface area contributed by atoms with Gasteiger partial charge in [-0.2, -0.15) is 0 Å². The molecule has 0 saturated heterocycles. The fraction of sp³-hybridized carbons (Fsp3) is 0.125. The molecule has 9 heteroatoms. The highest BCUT2D eigenvalue weighted by Crippen LogP contribution is 2.32. The molecule has 0 bridgehead atoms. The molecule has 0 spiro atoms. The Bertz CT molecular complexity index is 580. The van der Waals surface area contributed by atoms with Gasteiger partial charge >= 0.3 is 0 Å². The van der Waals surface area contributed by atoms with Crippen LogP contribution >= 0.6 is 27.5 Å². The molecule has 7 nitrogen and oxygen atoms in total. The minimum Gasteiger partial charge on any atom is -0.258 e. The summed E-state index contributed by atoms with van der Waals surface area (Å²) in [7, 11) is 1.61. The summed E-state index contributed by atoms with van der Waals surface area (Å²) in [5.41, 5.74) is 0.376. The number of rotatable bonds is 2. The second-order valence-corrected chi connectivity index (χ2v) is 4.25. The zero-order valence-corrected chi connectivity index (χ0v) is 10.8. The van der Waals surface area contributed by atoms with Gasteiger partial charge in [0, 0.05) is 13.1 Å². The summed E-state index contributed by atoms with van der Waals surface area (Å²) in [4.78, 5) is 14.3. The Hall–Kier alpha value is -1.54. The molecule has 0 aliphatic carbocycles. The molecule has 0 fully saturated rings. The van der Waals surface area contributed by atoms with Crippen LogP contribution in [0.3, 0.4) is 0 Å². The molecule has 0 N–H and O–H groups in total. The molecule has 0 atom stereocenters. The highest BCUT2D eigenvalue weighted by atomic mass is 79.9. The lowest BCUT2D eigenvalue weighted by Gasteiger charge is -2.02. The van der Waals surface area contributed by atoms with Crippen molar-refractivity contribution in [1.82, 2.24) is 20.0 Å². The van der Waals surface area contributed by atoms with Crippen molar-refractivity contribution in [2.75, 3.05) is 0 Å². The molecule has 88 valence electrons. The average molecular weight is 319 g/mol. The van der Waals surface area contributed by atoms with Crippen molar-refractivity contribution in [1.29, 1.82) is 0 Å². The molecule has 17 heavy (non-hydrogen) atoms. The van der Waals surface area contributed by atoms with Crippen LogP contribution in [0.25, 0.3) is 11.4 Å². The summed E-state index contributed by atoms with van der Waals surface area (Å²) >= 11 is 8.91. The molecule has 0 aliphatic rings. The maximum absolute atomic E-state index is 10.9. The number of aromatic nitrogens is 4. The number of nitrogens with zero attached hydrogens (tertiary/aromatic N) is 5. The molecule has 0 unspecified atom stereocenters. The molecule has 2 heterocycles. The number of pyridine rings is 1. The topological polar surface area (TPSA) is 86.7 Å². The zero-order chi connectivity index (χ0) is 12.6. The van der Waals surface area contributed by atoms with Gasteiger partial charge in [0.2, 0.25) is 0 Å². The first-order valence-electron chi connectivity index (χ1n) is 4.37. The van der Waals surface area contributed by atoms with Crippen molar-refractivity contribution in [3.8, 4) is 11.4 Å². The summed E-state index contributed by atoms with van der Waals surface area (Å²) in [5, 5.41) is 18.6. The summed E-state index contributed by atoms with van der Waals surface area (Å²) in [5.74, 6) is 0. The van der Waals surface area contributed by atoms with E-state index in [1.54, 1.807) is 7.05 Å². The third-order valence-electron chi connectivity index (χ3n) is 2.05. The minimum absolute atomic E-state index is 0.127. The summed E-state index contributed by atoms with van der Waals surface area (Å²) in [6, 6.07) is 2.66. The maximum Gasteiger partial charge on any atom is 0.297 e. The fourth-order valence-corrected chi connectivity index (χ4v) is 2.00. The van der Waals surface area contributed by atoms with Crippen LogP contribution < -0.4 is 0 Å². The van der Waals surface area contributed by atoms with Gasteiger partial charge in [-0.3, -0.25) is 10.1 Å². The minimum atomic E-state index is -0.530. The van der Waals surface area contributed by atoms with Crippen molar-refractivity contribution in [2.24, 2.45) is 7.05 Å². The van der Waals surface area contributed by atoms with Crippen LogP contribution in [0.5, 0.6) is 0 Å². The third kappa shape index (κ3) is 2.13. The molecule has 2 aromatic rings. The quantitative estimate of drug-likeness (QED) is 0.481. The zero-order valence-electron chi connectivity index (χ0n) is 8.46. The van der Waals surface area contributed by atoms with Crippen LogP contribution in [-0.2, 0) is 7.05 Å². The second kappa shape index (κ2) is 4.38. The van der Waals surface area contributed by atoms with Crippen molar-refractivity contribution in [3.63, 3.8) is 0 Å². The van der Waals surface area contributed by atoms with Gasteiger partial charge < -0.3 is 0 Å². The Labute approximate surface area is 109 Å². The molecule has 2 rings (SSSR count). The summed E-state index contributed by atoms with van der Waals surface area (Å²) in [6.07, 6.45) is 0. The number of nitro groups is 1. The van der Waals surface area contributed by atoms with Gasteiger partial charge in [0.15, 0.2) is 10.3 Å². The van der Waals surface area contributed by atoms with Crippen LogP contribution in [-0.4, -0.2) is 24.9 Å². The Morgan fingerprint density at radius 3 is 2.76 bits per heavy atom. The van der Waals surface area contributed by atoms with Gasteiger partial charge in [0.1, 0.15) is 10.8 Å². The lowest BCUT2D eigenvalue weighted by Crippen LogP contribution is -2.00. The molecule has 0 aliphatic heterocycles. The predicted octanol–water partition coefficient (Wildman–Crippen LogP) is 2.20. The van der Waals surface area contributed by atoms with E-state index in [2.05, 4.69) is 31.2 Å². The maximum atomic E-state index is 10.9. The first-order chi connectivity index (χ1) is 8.00. The Morgan fingerprint density at radius 1 is 1.53 bits per heavy atom. The van der Waals surface area contributed by atoms with Gasteiger partial charge in [0.05, 0.1) is 4.92 Å². The molecule has 0 saturated carbocycles. The molecule has 0 amide bonds. The van der Waals surface area contributed by atoms with Crippen LogP contribution in [0.15, 0.2) is 16.7 Å². The number of aryl methyl sites for hydroxylation is 1. The first-order valence-corrected chi connectivity index (χ1v) is 5.54. The van der Waals surface area contributed by atoms with Crippen molar-refractivity contribution < 1.29 is 4.92 Å². The van der Waals surface area contributed by atoms with E-state index in [4.69, 9.17) is 11.6 Å². The van der Waals surface area contributed by atoms with E-state index in [0.29, 0.717) is 10.3 Å². The van der Waals surface area contributed by atoms with E-state index >= 15 is 0 Å². The monoisotopic (exact) mass is 317 g/mol. The Kier molecular flexibility index (Phi) is 3.07. The Morgan fingerprint density at radius 2 is 2.24 bits per heavy atom. The number of hydrogen-bond donors (Lipinski definition) is 0. The molecular formula is C8H5BrClN5O2. The lowest BCUT2D eigenvalue weighted by atomic mass is 10.2. The van der Waals surface area contributed by atoms with Gasteiger partial charge in [0.25, 0.3) is 5.69 Å². The van der Waals surface area contributed by atoms with E-state index in [1.165, 1.54) is 16.8 Å². The van der Waals surface area contributed by atoms with Crippen LogP contribution in [0.1, 0.15) is 0 Å². The van der Waals surface area contributed by atoms with Gasteiger partial charge in [-0.15, -0.1) is 5.10 Å². The highest BCUT2D eigenvalue weighted by Gasteiger charge is 2.23. The van der Waals surface area contributed by atoms with E-state index in [0.717, 1.165) is 0 Å². The van der Waals surface area contributed by atoms with Gasteiger partial charge in [-0.25, -0.2) is 9.67 Å². The molecule has 0 aromatic carbocycles. The van der Waals surface area contributed by atoms with E-state index in [-0.39, 0.29) is 16.5 Å². The normalized spacial score (nSPS) is 10.5. The predicted molar refractivity (Wildman–Crippen MR) is 63.6 cm³/mol. The molecule has 0 radical (unpaired) electrons. The van der Waals surface area contributed by atoms with Crippen LogP contribution in [0, 0.1) is 10.1 Å². The van der Waals surface area contributed by atoms with Gasteiger partial charge in [-0.1, -0.05) is 16.8 Å². The van der Waals surface area contributed by atoms with E-state index < -0.39 is 4.92 Å². The molecular weight excluding hydrogens is 313 g/mol. The average Bonchev–Trinajstić information content (AvgIpc) is 2.58. The number of hydrogen-bond acceptors (Lipinski definition) is 5. The number of halogens is 2. The standard InChI is InChI=1S/C8H5BrClN5O2/c1-14-7(8(9)12-13-14)6-4(15(16)17)2-3-5(10)11-6/h2-3H,1H3. The SMILES string of the molecule is Cn1nnc(Br)c1-c1nc(Cl)ccc1[N+](=O)[O-]. The third-order valence-corrected chi connectivity index (χ3v) is 2.79. The van der Waals surface area contributed by atoms with Crippen molar-refractivity contribution in [2.45, 2.75) is 0 Å². The summed E-state index contributed by atoms with van der Waals surface area (Å²) in [6.45, 7) is 0. The Balaban J connectivity index is 2.74. The molecule has 2 aromatic heterocycles. The van der Waals surface area contributed by atoms with Crippen molar-refractivity contribution in [3.05, 3.63) is 32.0 Å². The van der Waals surface area contributed by atoms with E-state index in [1.807, 2.05) is 0 Å². The van der Waals surface area contributed by atoms with Gasteiger partial charge in [-0.05, 0) is 22.0 Å². The highest BCUT2D eigenvalue weighted by molar-refractivity contribution is 9.10. The van der Waals surface area contributed by atoms with Crippen LogP contribution in [0.4, 0.5) is 5.69 Å². The smallest absolute Gasteiger partial charge is 0.258 e. The largest absolute Gasteiger partial charge is 0.297 e. The summed E-state index contributed by atoms with van der Waals surface area (Å²) < 4.78 is 1.76. The lowest BCUT2D eigenvalue weighted by molar-refractivity contribution is -0.384.